The van der Waals surface area contributed by atoms with Crippen molar-refractivity contribution < 1.29 is 0 Å². The van der Waals surface area contributed by atoms with Crippen LogP contribution in [0.4, 0.5) is 0 Å². The minimum Gasteiger partial charge on any atom is -0.0882 e. The van der Waals surface area contributed by atoms with Crippen molar-refractivity contribution in [3.8, 4) is 0 Å². The van der Waals surface area contributed by atoms with Crippen LogP contribution >= 0.6 is 0 Å². The molecule has 0 spiro atoms. The molecule has 0 heteroatoms. The lowest BCUT2D eigenvalue weighted by Crippen LogP contribution is -1.70. The lowest BCUT2D eigenvalue weighted by Gasteiger charge is -1.90. The number of hydrogen-bond donors (Lipinski definition) is 0. The summed E-state index contributed by atoms with van der Waals surface area (Å²) < 4.78 is 0. The fourth-order valence-electron chi connectivity index (χ4n) is 1.18. The van der Waals surface area contributed by atoms with E-state index in [0.29, 0.717) is 0 Å². The van der Waals surface area contributed by atoms with E-state index in [9.17, 15) is 0 Å². The highest BCUT2D eigenvalue weighted by molar-refractivity contribution is 5.04. The molecule has 0 bridgehead atoms. The maximum Gasteiger partial charge on any atom is -0.0166 e. The van der Waals surface area contributed by atoms with Gasteiger partial charge in [0.25, 0.3) is 0 Å². The Morgan fingerprint density at radius 3 is 2.29 bits per heavy atom. The van der Waals surface area contributed by atoms with Gasteiger partial charge in [-0.05, 0) is 25.7 Å². The Labute approximate surface area is 89.4 Å². The first kappa shape index (κ1) is 13.2. The van der Waals surface area contributed by atoms with E-state index in [0.717, 1.165) is 12.8 Å². The second-order valence-corrected chi connectivity index (χ2v) is 3.47. The van der Waals surface area contributed by atoms with Gasteiger partial charge < -0.3 is 0 Å². The lowest BCUT2D eigenvalue weighted by molar-refractivity contribution is 0.728. The van der Waals surface area contributed by atoms with Crippen molar-refractivity contribution in [3.05, 3.63) is 36.5 Å². The largest absolute Gasteiger partial charge is 0.0882 e. The summed E-state index contributed by atoms with van der Waals surface area (Å²) in [4.78, 5) is 0. The third-order valence-electron chi connectivity index (χ3n) is 2.03. The Balaban J connectivity index is 3.25. The number of unbranched alkanes of at least 4 members (excludes halogenated alkanes) is 3. The molecule has 0 fully saturated rings. The molecule has 0 N–H and O–H groups in total. The van der Waals surface area contributed by atoms with Crippen molar-refractivity contribution in [2.45, 2.75) is 52.4 Å². The summed E-state index contributed by atoms with van der Waals surface area (Å²) in [6.45, 7) is 4.39. The minimum absolute atomic E-state index is 1.07. The zero-order valence-corrected chi connectivity index (χ0v) is 9.71. The average molecular weight is 192 g/mol. The molecule has 0 aliphatic rings. The average Bonchev–Trinajstić information content (AvgIpc) is 2.21. The maximum atomic E-state index is 2.30. The SMILES string of the molecule is CC/C=C/C=C/C/C=C/CCCCC. The molecule has 0 saturated heterocycles. The highest BCUT2D eigenvalue weighted by Gasteiger charge is 1.80. The fraction of sp³-hybridized carbons (Fsp3) is 0.571. The van der Waals surface area contributed by atoms with Crippen molar-refractivity contribution in [2.75, 3.05) is 0 Å². The Morgan fingerprint density at radius 1 is 0.786 bits per heavy atom. The smallest absolute Gasteiger partial charge is 0.0166 e. The van der Waals surface area contributed by atoms with Crippen LogP contribution in [0.25, 0.3) is 0 Å². The summed E-state index contributed by atoms with van der Waals surface area (Å²) in [6.07, 6.45) is 20.6. The van der Waals surface area contributed by atoms with Gasteiger partial charge in [-0.25, -0.2) is 0 Å². The van der Waals surface area contributed by atoms with Crippen LogP contribution in [-0.4, -0.2) is 0 Å². The van der Waals surface area contributed by atoms with Crippen LogP contribution in [0.15, 0.2) is 36.5 Å². The third-order valence-corrected chi connectivity index (χ3v) is 2.03. The molecule has 0 saturated carbocycles. The van der Waals surface area contributed by atoms with Crippen molar-refractivity contribution in [1.29, 1.82) is 0 Å². The van der Waals surface area contributed by atoms with Crippen molar-refractivity contribution >= 4 is 0 Å². The van der Waals surface area contributed by atoms with Gasteiger partial charge in [0, 0.05) is 0 Å². The predicted octanol–water partition coefficient (Wildman–Crippen LogP) is 5.04. The van der Waals surface area contributed by atoms with E-state index in [-0.39, 0.29) is 0 Å². The summed E-state index contributed by atoms with van der Waals surface area (Å²) in [5, 5.41) is 0. The van der Waals surface area contributed by atoms with Gasteiger partial charge in [-0.3, -0.25) is 0 Å². The topological polar surface area (TPSA) is 0 Å². The van der Waals surface area contributed by atoms with Crippen LogP contribution < -0.4 is 0 Å². The Bertz CT molecular complexity index is 172. The quantitative estimate of drug-likeness (QED) is 0.287. The van der Waals surface area contributed by atoms with Crippen molar-refractivity contribution in [2.24, 2.45) is 0 Å². The van der Waals surface area contributed by atoms with Crippen LogP contribution in [0.5, 0.6) is 0 Å². The second-order valence-electron chi connectivity index (χ2n) is 3.47. The van der Waals surface area contributed by atoms with Crippen molar-refractivity contribution in [1.82, 2.24) is 0 Å². The van der Waals surface area contributed by atoms with E-state index in [1.54, 1.807) is 0 Å². The van der Waals surface area contributed by atoms with Crippen LogP contribution in [0.2, 0.25) is 0 Å². The van der Waals surface area contributed by atoms with Crippen LogP contribution in [0, 0.1) is 0 Å². The Hall–Kier alpha value is -0.780. The normalized spacial score (nSPS) is 12.4. The monoisotopic (exact) mass is 192 g/mol. The summed E-state index contributed by atoms with van der Waals surface area (Å²) >= 11 is 0. The number of allylic oxidation sites excluding steroid dienone is 6. The maximum absolute atomic E-state index is 2.30. The molecule has 0 radical (unpaired) electrons. The van der Waals surface area contributed by atoms with Gasteiger partial charge in [0.1, 0.15) is 0 Å². The van der Waals surface area contributed by atoms with E-state index < -0.39 is 0 Å². The molecule has 0 aliphatic carbocycles. The molecule has 0 aromatic rings. The standard InChI is InChI=1S/C14H24/c1-3-5-7-9-11-13-14-12-10-8-6-4-2/h5,7,9,11-12,14H,3-4,6,8,10,13H2,1-2H3/b7-5+,11-9+,14-12+. The van der Waals surface area contributed by atoms with Crippen LogP contribution in [0.3, 0.4) is 0 Å². The summed E-state index contributed by atoms with van der Waals surface area (Å²) in [5.41, 5.74) is 0. The predicted molar refractivity (Wildman–Crippen MR) is 66.5 cm³/mol. The minimum atomic E-state index is 1.07. The van der Waals surface area contributed by atoms with Gasteiger partial charge in [0.05, 0.1) is 0 Å². The fourth-order valence-corrected chi connectivity index (χ4v) is 1.18. The second kappa shape index (κ2) is 12.2. The van der Waals surface area contributed by atoms with E-state index in [1.165, 1.54) is 25.7 Å². The molecule has 0 amide bonds. The molecule has 0 aromatic carbocycles. The lowest BCUT2D eigenvalue weighted by atomic mass is 10.2. The molecule has 0 aromatic heterocycles. The van der Waals surface area contributed by atoms with Gasteiger partial charge in [-0.15, -0.1) is 0 Å². The first-order chi connectivity index (χ1) is 6.91. The summed E-state index contributed by atoms with van der Waals surface area (Å²) in [5.74, 6) is 0. The summed E-state index contributed by atoms with van der Waals surface area (Å²) in [6, 6.07) is 0. The van der Waals surface area contributed by atoms with Crippen LogP contribution in [0.1, 0.15) is 52.4 Å². The number of hydrogen-bond acceptors (Lipinski definition) is 0. The summed E-state index contributed by atoms with van der Waals surface area (Å²) in [7, 11) is 0. The zero-order valence-electron chi connectivity index (χ0n) is 9.71. The van der Waals surface area contributed by atoms with E-state index in [4.69, 9.17) is 0 Å². The van der Waals surface area contributed by atoms with Gasteiger partial charge in [-0.2, -0.15) is 0 Å². The van der Waals surface area contributed by atoms with Crippen molar-refractivity contribution in [3.63, 3.8) is 0 Å². The van der Waals surface area contributed by atoms with Gasteiger partial charge >= 0.3 is 0 Å². The highest BCUT2D eigenvalue weighted by Crippen LogP contribution is 2.00. The van der Waals surface area contributed by atoms with Gasteiger partial charge in [0.2, 0.25) is 0 Å². The molecule has 14 heavy (non-hydrogen) atoms. The van der Waals surface area contributed by atoms with Gasteiger partial charge in [-0.1, -0.05) is 63.1 Å². The molecular formula is C14H24. The van der Waals surface area contributed by atoms with Gasteiger partial charge in [0.15, 0.2) is 0 Å². The van der Waals surface area contributed by atoms with Crippen LogP contribution in [-0.2, 0) is 0 Å². The molecule has 80 valence electrons. The first-order valence-electron chi connectivity index (χ1n) is 5.88. The van der Waals surface area contributed by atoms with E-state index >= 15 is 0 Å². The molecule has 0 aliphatic heterocycles. The highest BCUT2D eigenvalue weighted by atomic mass is 13.9. The molecule has 0 rings (SSSR count). The Morgan fingerprint density at radius 2 is 1.57 bits per heavy atom. The Kier molecular flexibility index (Phi) is 11.5. The molecule has 0 nitrogen and oxygen atoms in total. The first-order valence-corrected chi connectivity index (χ1v) is 5.88. The molecule has 0 atom stereocenters. The molecule has 0 heterocycles. The van der Waals surface area contributed by atoms with E-state index in [1.807, 2.05) is 0 Å². The number of rotatable bonds is 8. The molecular weight excluding hydrogens is 168 g/mol. The molecule has 0 unspecified atom stereocenters. The zero-order chi connectivity index (χ0) is 10.5. The third kappa shape index (κ3) is 11.2. The van der Waals surface area contributed by atoms with E-state index in [2.05, 4.69) is 50.3 Å².